The molecule has 86 valence electrons. The Bertz CT molecular complexity index is 286. The number of ether oxygens (including phenoxy) is 1. The van der Waals surface area contributed by atoms with Gasteiger partial charge in [0.05, 0.1) is 5.38 Å². The number of alkyl halides is 2. The normalized spacial score (nSPS) is 32.3. The number of carboxylic acids is 1. The molecule has 3 unspecified atom stereocenters. The van der Waals surface area contributed by atoms with Crippen LogP contribution < -0.4 is 5.32 Å². The van der Waals surface area contributed by atoms with Crippen LogP contribution in [0.4, 0.5) is 0 Å². The number of halogens is 2. The van der Waals surface area contributed by atoms with Crippen LogP contribution in [0.5, 0.6) is 0 Å². The van der Waals surface area contributed by atoms with Crippen molar-refractivity contribution in [3.63, 3.8) is 0 Å². The summed E-state index contributed by atoms with van der Waals surface area (Å²) < 4.78 is 4.65. The van der Waals surface area contributed by atoms with E-state index >= 15 is 0 Å². The third kappa shape index (κ3) is 2.53. The van der Waals surface area contributed by atoms with Gasteiger partial charge in [0.25, 0.3) is 0 Å². The smallest absolute Gasteiger partial charge is 0.344 e. The van der Waals surface area contributed by atoms with Gasteiger partial charge >= 0.3 is 11.9 Å². The van der Waals surface area contributed by atoms with E-state index in [1.54, 1.807) is 0 Å². The van der Waals surface area contributed by atoms with Gasteiger partial charge in [-0.2, -0.15) is 0 Å². The molecule has 15 heavy (non-hydrogen) atoms. The van der Waals surface area contributed by atoms with Crippen LogP contribution in [0.3, 0.4) is 0 Å². The number of hydrogen-bond donors (Lipinski definition) is 2. The van der Waals surface area contributed by atoms with Gasteiger partial charge in [0.15, 0.2) is 6.10 Å². The zero-order valence-corrected chi connectivity index (χ0v) is 9.51. The molecule has 1 fully saturated rings. The monoisotopic (exact) mass is 255 g/mol. The Morgan fingerprint density at radius 1 is 1.67 bits per heavy atom. The van der Waals surface area contributed by atoms with Crippen LogP contribution in [0.2, 0.25) is 0 Å². The van der Waals surface area contributed by atoms with E-state index in [2.05, 4.69) is 10.1 Å². The minimum atomic E-state index is -1.51. The molecule has 1 aliphatic heterocycles. The van der Waals surface area contributed by atoms with E-state index < -0.39 is 28.4 Å². The van der Waals surface area contributed by atoms with Crippen LogP contribution in [0.1, 0.15) is 13.3 Å². The molecule has 0 amide bonds. The van der Waals surface area contributed by atoms with E-state index in [1.165, 1.54) is 6.92 Å². The van der Waals surface area contributed by atoms with Gasteiger partial charge in [-0.25, -0.2) is 9.59 Å². The van der Waals surface area contributed by atoms with Crippen LogP contribution in [-0.4, -0.2) is 40.1 Å². The molecule has 5 nitrogen and oxygen atoms in total. The van der Waals surface area contributed by atoms with Crippen LogP contribution in [-0.2, 0) is 14.3 Å². The molecule has 0 aliphatic carbocycles. The Balaban J connectivity index is 2.64. The van der Waals surface area contributed by atoms with Crippen molar-refractivity contribution < 1.29 is 19.4 Å². The number of aliphatic carboxylic acids is 1. The molecule has 0 aromatic heterocycles. The third-order valence-electron chi connectivity index (χ3n) is 2.14. The summed E-state index contributed by atoms with van der Waals surface area (Å²) in [4.78, 5) is 20.5. The Kier molecular flexibility index (Phi) is 3.81. The maximum Gasteiger partial charge on any atom is 0.344 e. The number of nitrogens with one attached hydrogen (secondary N) is 1. The lowest BCUT2D eigenvalue weighted by atomic mass is 10.2. The molecule has 2 N–H and O–H groups in total. The van der Waals surface area contributed by atoms with E-state index in [9.17, 15) is 9.59 Å². The summed E-state index contributed by atoms with van der Waals surface area (Å²) in [6.07, 6.45) is -0.707. The topological polar surface area (TPSA) is 75.6 Å². The molecule has 1 heterocycles. The summed E-state index contributed by atoms with van der Waals surface area (Å²) in [5, 5.41) is 10.6. The first-order valence-corrected chi connectivity index (χ1v) is 5.21. The molecule has 7 heteroatoms. The molecule has 0 spiro atoms. The lowest BCUT2D eigenvalue weighted by Gasteiger charge is -2.23. The molecule has 0 aromatic carbocycles. The molecular formula is C8H11Cl2NO4. The largest absolute Gasteiger partial charge is 0.479 e. The minimum Gasteiger partial charge on any atom is -0.479 e. The fourth-order valence-corrected chi connectivity index (χ4v) is 1.71. The maximum absolute atomic E-state index is 11.5. The Morgan fingerprint density at radius 3 is 2.67 bits per heavy atom. The Morgan fingerprint density at radius 2 is 2.27 bits per heavy atom. The standard InChI is InChI=1S/C8H11Cl2NO4/c1-4(6(12)13)15-7(14)8(10)5(9)2-3-11-8/h4-5,11H,2-3H2,1H3,(H,12,13). The molecule has 0 bridgehead atoms. The summed E-state index contributed by atoms with van der Waals surface area (Å²) in [6, 6.07) is 0. The van der Waals surface area contributed by atoms with E-state index in [-0.39, 0.29) is 0 Å². The zero-order chi connectivity index (χ0) is 11.6. The van der Waals surface area contributed by atoms with Crippen molar-refractivity contribution in [2.75, 3.05) is 6.54 Å². The van der Waals surface area contributed by atoms with Crippen LogP contribution >= 0.6 is 23.2 Å². The van der Waals surface area contributed by atoms with Gasteiger partial charge in [0, 0.05) is 0 Å². The van der Waals surface area contributed by atoms with Gasteiger partial charge in [0.1, 0.15) is 0 Å². The van der Waals surface area contributed by atoms with Crippen molar-refractivity contribution in [2.24, 2.45) is 0 Å². The zero-order valence-electron chi connectivity index (χ0n) is 8.00. The van der Waals surface area contributed by atoms with Gasteiger partial charge < -0.3 is 9.84 Å². The van der Waals surface area contributed by atoms with Crippen molar-refractivity contribution in [2.45, 2.75) is 29.8 Å². The first kappa shape index (κ1) is 12.5. The second-order valence-corrected chi connectivity index (χ2v) is 4.40. The molecule has 3 atom stereocenters. The quantitative estimate of drug-likeness (QED) is 0.438. The summed E-state index contributed by atoms with van der Waals surface area (Å²) in [5.41, 5.74) is 0. The van der Waals surface area contributed by atoms with Gasteiger partial charge in [-0.3, -0.25) is 5.32 Å². The molecule has 1 aliphatic rings. The number of hydrogen-bond acceptors (Lipinski definition) is 4. The number of esters is 1. The van der Waals surface area contributed by atoms with E-state index in [0.717, 1.165) is 0 Å². The molecular weight excluding hydrogens is 245 g/mol. The van der Waals surface area contributed by atoms with E-state index in [0.29, 0.717) is 13.0 Å². The highest BCUT2D eigenvalue weighted by Crippen LogP contribution is 2.30. The molecule has 0 aromatic rings. The average Bonchev–Trinajstić information content (AvgIpc) is 2.48. The summed E-state index contributed by atoms with van der Waals surface area (Å²) in [5.74, 6) is -2.08. The van der Waals surface area contributed by atoms with E-state index in [1.807, 2.05) is 0 Å². The van der Waals surface area contributed by atoms with Crippen molar-refractivity contribution in [1.82, 2.24) is 5.32 Å². The first-order valence-electron chi connectivity index (χ1n) is 4.40. The fourth-order valence-electron chi connectivity index (χ4n) is 1.19. The molecule has 0 saturated carbocycles. The lowest BCUT2D eigenvalue weighted by Crippen LogP contribution is -2.50. The number of rotatable bonds is 3. The van der Waals surface area contributed by atoms with Crippen LogP contribution in [0.15, 0.2) is 0 Å². The second kappa shape index (κ2) is 4.55. The van der Waals surface area contributed by atoms with Crippen molar-refractivity contribution >= 4 is 35.1 Å². The minimum absolute atomic E-state index is 0.494. The highest BCUT2D eigenvalue weighted by atomic mass is 35.5. The van der Waals surface area contributed by atoms with Crippen LogP contribution in [0.25, 0.3) is 0 Å². The number of carbonyl (C=O) groups is 2. The first-order chi connectivity index (χ1) is 6.88. The Hall–Kier alpha value is -0.520. The van der Waals surface area contributed by atoms with Gasteiger partial charge in [-0.15, -0.1) is 11.6 Å². The number of carbonyl (C=O) groups excluding carboxylic acids is 1. The lowest BCUT2D eigenvalue weighted by molar-refractivity contribution is -0.164. The average molecular weight is 256 g/mol. The molecule has 1 rings (SSSR count). The number of carboxylic acid groups (broad SMARTS) is 1. The predicted octanol–water partition coefficient (Wildman–Crippen LogP) is 0.538. The van der Waals surface area contributed by atoms with Crippen molar-refractivity contribution in [1.29, 1.82) is 0 Å². The van der Waals surface area contributed by atoms with Gasteiger partial charge in [0.2, 0.25) is 5.00 Å². The highest BCUT2D eigenvalue weighted by molar-refractivity contribution is 6.40. The Labute approximate surface area is 96.7 Å². The summed E-state index contributed by atoms with van der Waals surface area (Å²) >= 11 is 11.7. The second-order valence-electron chi connectivity index (χ2n) is 3.28. The van der Waals surface area contributed by atoms with Gasteiger partial charge in [-0.1, -0.05) is 11.6 Å². The van der Waals surface area contributed by atoms with Crippen molar-refractivity contribution in [3.05, 3.63) is 0 Å². The highest BCUT2D eigenvalue weighted by Gasteiger charge is 2.49. The predicted molar refractivity (Wildman–Crippen MR) is 54.0 cm³/mol. The fraction of sp³-hybridized carbons (Fsp3) is 0.750. The van der Waals surface area contributed by atoms with E-state index in [4.69, 9.17) is 28.3 Å². The molecule has 0 radical (unpaired) electrons. The van der Waals surface area contributed by atoms with Gasteiger partial charge in [-0.05, 0) is 19.9 Å². The molecule has 1 saturated heterocycles. The third-order valence-corrected chi connectivity index (χ3v) is 3.35. The summed E-state index contributed by atoms with van der Waals surface area (Å²) in [6.45, 7) is 1.74. The maximum atomic E-state index is 11.5. The van der Waals surface area contributed by atoms with Crippen LogP contribution in [0, 0.1) is 0 Å². The SMILES string of the molecule is CC(OC(=O)C1(Cl)NCCC1Cl)C(=O)O. The van der Waals surface area contributed by atoms with Crippen molar-refractivity contribution in [3.8, 4) is 0 Å². The summed E-state index contributed by atoms with van der Waals surface area (Å²) in [7, 11) is 0.